The lowest BCUT2D eigenvalue weighted by Crippen LogP contribution is -2.14. The molecule has 74 valence electrons. The maximum atomic E-state index is 10.9. The number of halogens is 1. The lowest BCUT2D eigenvalue weighted by molar-refractivity contribution is 0.0695. The number of carbonyl (C=O) groups is 1. The molecule has 0 aliphatic carbocycles. The van der Waals surface area contributed by atoms with E-state index in [2.05, 4.69) is 0 Å². The fraction of sp³-hybridized carbons (Fsp3) is 0.222. The molecular weight excluding hydrogens is 206 g/mol. The summed E-state index contributed by atoms with van der Waals surface area (Å²) >= 11 is 5.84. The van der Waals surface area contributed by atoms with Crippen molar-refractivity contribution in [3.63, 3.8) is 0 Å². The van der Waals surface area contributed by atoms with Gasteiger partial charge in [0.1, 0.15) is 12.4 Å². The Morgan fingerprint density at radius 1 is 1.64 bits per heavy atom. The largest absolute Gasteiger partial charge is 0.490 e. The molecule has 2 rings (SSSR count). The van der Waals surface area contributed by atoms with Crippen molar-refractivity contribution in [1.82, 2.24) is 0 Å². The number of carboxylic acids is 1. The molecule has 1 aromatic rings. The van der Waals surface area contributed by atoms with Gasteiger partial charge in [-0.25, -0.2) is 4.79 Å². The van der Waals surface area contributed by atoms with Gasteiger partial charge in [0.2, 0.25) is 0 Å². The summed E-state index contributed by atoms with van der Waals surface area (Å²) in [5.41, 5.74) is 6.36. The number of carboxylic acid groups (broad SMARTS) is 1. The van der Waals surface area contributed by atoms with Crippen LogP contribution in [0, 0.1) is 0 Å². The highest BCUT2D eigenvalue weighted by molar-refractivity contribution is 6.32. The van der Waals surface area contributed by atoms with Crippen LogP contribution < -0.4 is 10.5 Å². The first-order valence-electron chi connectivity index (χ1n) is 4.05. The predicted molar refractivity (Wildman–Crippen MR) is 50.8 cm³/mol. The summed E-state index contributed by atoms with van der Waals surface area (Å²) < 4.78 is 5.21. The Labute approximate surface area is 85.2 Å². The highest BCUT2D eigenvalue weighted by Crippen LogP contribution is 2.39. The fourth-order valence-corrected chi connectivity index (χ4v) is 1.75. The minimum atomic E-state index is -1.01. The second kappa shape index (κ2) is 3.15. The molecule has 3 N–H and O–H groups in total. The Morgan fingerprint density at radius 3 is 3.00 bits per heavy atom. The molecule has 0 amide bonds. The van der Waals surface area contributed by atoms with Gasteiger partial charge in [-0.05, 0) is 12.1 Å². The molecule has 0 saturated carbocycles. The average Bonchev–Trinajstić information content (AvgIpc) is 2.50. The Morgan fingerprint density at radius 2 is 2.36 bits per heavy atom. The Hall–Kier alpha value is -1.26. The van der Waals surface area contributed by atoms with Crippen molar-refractivity contribution in [2.75, 3.05) is 6.61 Å². The van der Waals surface area contributed by atoms with E-state index in [0.29, 0.717) is 16.3 Å². The quantitative estimate of drug-likeness (QED) is 0.740. The van der Waals surface area contributed by atoms with Crippen LogP contribution in [0.15, 0.2) is 12.1 Å². The first-order chi connectivity index (χ1) is 6.61. The number of benzene rings is 1. The number of rotatable bonds is 1. The molecule has 4 nitrogen and oxygen atoms in total. The van der Waals surface area contributed by atoms with E-state index in [4.69, 9.17) is 27.2 Å². The monoisotopic (exact) mass is 213 g/mol. The van der Waals surface area contributed by atoms with E-state index in [1.54, 1.807) is 0 Å². The number of aromatic carboxylic acids is 1. The molecule has 1 aliphatic rings. The van der Waals surface area contributed by atoms with Gasteiger partial charge in [-0.2, -0.15) is 0 Å². The molecule has 1 aromatic carbocycles. The van der Waals surface area contributed by atoms with Gasteiger partial charge in [-0.15, -0.1) is 0 Å². The molecule has 0 aromatic heterocycles. The maximum Gasteiger partial charge on any atom is 0.336 e. The fourth-order valence-electron chi connectivity index (χ4n) is 1.53. The van der Waals surface area contributed by atoms with Crippen LogP contribution in [-0.2, 0) is 0 Å². The lowest BCUT2D eigenvalue weighted by atomic mass is 10.0. The summed E-state index contributed by atoms with van der Waals surface area (Å²) in [6.45, 7) is 0.277. The molecule has 1 aliphatic heterocycles. The third-order valence-corrected chi connectivity index (χ3v) is 2.45. The van der Waals surface area contributed by atoms with Crippen molar-refractivity contribution in [3.8, 4) is 5.75 Å². The van der Waals surface area contributed by atoms with E-state index in [-0.39, 0.29) is 12.2 Å². The highest BCUT2D eigenvalue weighted by atomic mass is 35.5. The number of nitrogens with two attached hydrogens (primary N) is 1. The lowest BCUT2D eigenvalue weighted by Gasteiger charge is -2.06. The molecule has 0 fully saturated rings. The van der Waals surface area contributed by atoms with Crippen molar-refractivity contribution in [1.29, 1.82) is 0 Å². The van der Waals surface area contributed by atoms with Gasteiger partial charge in [0, 0.05) is 5.56 Å². The third-order valence-electron chi connectivity index (χ3n) is 2.16. The van der Waals surface area contributed by atoms with Crippen molar-refractivity contribution in [3.05, 3.63) is 28.3 Å². The van der Waals surface area contributed by atoms with Crippen molar-refractivity contribution < 1.29 is 14.6 Å². The summed E-state index contributed by atoms with van der Waals surface area (Å²) in [4.78, 5) is 10.9. The Kier molecular flexibility index (Phi) is 2.09. The van der Waals surface area contributed by atoms with Crippen LogP contribution in [0.2, 0.25) is 5.02 Å². The number of ether oxygens (including phenoxy) is 1. The van der Waals surface area contributed by atoms with E-state index in [1.807, 2.05) is 0 Å². The third kappa shape index (κ3) is 1.23. The van der Waals surface area contributed by atoms with Gasteiger partial charge < -0.3 is 15.6 Å². The Balaban J connectivity index is 2.66. The van der Waals surface area contributed by atoms with Crippen LogP contribution in [0.25, 0.3) is 0 Å². The first-order valence-corrected chi connectivity index (χ1v) is 4.43. The first kappa shape index (κ1) is 9.30. The molecule has 5 heteroatoms. The van der Waals surface area contributed by atoms with Gasteiger partial charge in [0.25, 0.3) is 0 Å². The number of hydrogen-bond donors (Lipinski definition) is 2. The zero-order chi connectivity index (χ0) is 10.3. The predicted octanol–water partition coefficient (Wildman–Crippen LogP) is 1.43. The normalized spacial score (nSPS) is 18.9. The molecule has 0 radical (unpaired) electrons. The summed E-state index contributed by atoms with van der Waals surface area (Å²) in [6.07, 6.45) is 0. The topological polar surface area (TPSA) is 72.5 Å². The summed E-state index contributed by atoms with van der Waals surface area (Å²) in [6, 6.07) is 2.54. The SMILES string of the molecule is N[C@@H]1COc2c(Cl)ccc(C(=O)O)c21. The molecular formula is C9H8ClNO3. The minimum absolute atomic E-state index is 0.161. The summed E-state index contributed by atoms with van der Waals surface area (Å²) in [7, 11) is 0. The van der Waals surface area contributed by atoms with Crippen LogP contribution >= 0.6 is 11.6 Å². The van der Waals surface area contributed by atoms with Gasteiger partial charge in [-0.1, -0.05) is 11.6 Å². The molecule has 1 atom stereocenters. The second-order valence-corrected chi connectivity index (χ2v) is 3.47. The van der Waals surface area contributed by atoms with Gasteiger partial charge in [0.15, 0.2) is 0 Å². The molecule has 0 unspecified atom stereocenters. The van der Waals surface area contributed by atoms with Crippen LogP contribution in [-0.4, -0.2) is 17.7 Å². The van der Waals surface area contributed by atoms with Gasteiger partial charge in [0.05, 0.1) is 16.6 Å². The van der Waals surface area contributed by atoms with Crippen molar-refractivity contribution in [2.24, 2.45) is 5.73 Å². The van der Waals surface area contributed by atoms with Gasteiger partial charge in [-0.3, -0.25) is 0 Å². The van der Waals surface area contributed by atoms with Gasteiger partial charge >= 0.3 is 5.97 Å². The summed E-state index contributed by atoms with van der Waals surface area (Å²) in [5.74, 6) is -0.613. The van der Waals surface area contributed by atoms with E-state index in [9.17, 15) is 4.79 Å². The van der Waals surface area contributed by atoms with E-state index < -0.39 is 12.0 Å². The molecule has 1 heterocycles. The van der Waals surface area contributed by atoms with E-state index in [1.165, 1.54) is 12.1 Å². The van der Waals surface area contributed by atoms with Crippen LogP contribution in [0.5, 0.6) is 5.75 Å². The zero-order valence-corrected chi connectivity index (χ0v) is 7.91. The smallest absolute Gasteiger partial charge is 0.336 e. The Bertz CT molecular complexity index is 405. The average molecular weight is 214 g/mol. The zero-order valence-electron chi connectivity index (χ0n) is 7.16. The van der Waals surface area contributed by atoms with E-state index in [0.717, 1.165) is 0 Å². The minimum Gasteiger partial charge on any atom is -0.490 e. The van der Waals surface area contributed by atoms with Crippen molar-refractivity contribution >= 4 is 17.6 Å². The van der Waals surface area contributed by atoms with Crippen LogP contribution in [0.3, 0.4) is 0 Å². The second-order valence-electron chi connectivity index (χ2n) is 3.06. The summed E-state index contributed by atoms with van der Waals surface area (Å²) in [5, 5.41) is 9.30. The molecule has 14 heavy (non-hydrogen) atoms. The molecule has 0 saturated heterocycles. The van der Waals surface area contributed by atoms with Crippen molar-refractivity contribution in [2.45, 2.75) is 6.04 Å². The standard InChI is InChI=1S/C9H8ClNO3/c10-5-2-1-4(9(12)13)7-6(11)3-14-8(5)7/h1-2,6H,3,11H2,(H,12,13)/t6-/m1/s1. The molecule has 0 bridgehead atoms. The van der Waals surface area contributed by atoms with Crippen LogP contribution in [0.1, 0.15) is 22.0 Å². The highest BCUT2D eigenvalue weighted by Gasteiger charge is 2.28. The van der Waals surface area contributed by atoms with Crippen LogP contribution in [0.4, 0.5) is 0 Å². The van der Waals surface area contributed by atoms with E-state index >= 15 is 0 Å². The molecule has 0 spiro atoms. The maximum absolute atomic E-state index is 10.9. The number of fused-ring (bicyclic) bond motifs is 1. The number of hydrogen-bond acceptors (Lipinski definition) is 3.